The van der Waals surface area contributed by atoms with E-state index in [9.17, 15) is 9.18 Å². The van der Waals surface area contributed by atoms with Crippen LogP contribution in [0.3, 0.4) is 0 Å². The van der Waals surface area contributed by atoms with Gasteiger partial charge in [-0.15, -0.1) is 9.78 Å². The van der Waals surface area contributed by atoms with Crippen molar-refractivity contribution in [2.24, 2.45) is 5.73 Å². The molecule has 1 atom stereocenters. The quantitative estimate of drug-likeness (QED) is 0.217. The first-order chi connectivity index (χ1) is 16.5. The van der Waals surface area contributed by atoms with Crippen LogP contribution in [0.25, 0.3) is 5.95 Å². The molecule has 0 aliphatic heterocycles. The molecule has 0 saturated carbocycles. The van der Waals surface area contributed by atoms with Crippen LogP contribution in [0.5, 0.6) is 11.5 Å². The zero-order chi connectivity index (χ0) is 24.1. The van der Waals surface area contributed by atoms with Crippen LogP contribution in [0, 0.1) is 5.41 Å². The zero-order valence-electron chi connectivity index (χ0n) is 18.0. The van der Waals surface area contributed by atoms with E-state index in [0.717, 1.165) is 4.68 Å². The topological polar surface area (TPSA) is 157 Å². The molecule has 174 valence electrons. The lowest BCUT2D eigenvalue weighted by molar-refractivity contribution is 0.191. The van der Waals surface area contributed by atoms with Gasteiger partial charge in [0.1, 0.15) is 23.4 Å². The van der Waals surface area contributed by atoms with Gasteiger partial charge in [-0.1, -0.05) is 0 Å². The van der Waals surface area contributed by atoms with Gasteiger partial charge in [0.15, 0.2) is 5.82 Å². The van der Waals surface area contributed by atoms with Crippen molar-refractivity contribution in [3.63, 3.8) is 0 Å². The van der Waals surface area contributed by atoms with E-state index < -0.39 is 18.6 Å². The van der Waals surface area contributed by atoms with E-state index in [0.29, 0.717) is 22.6 Å². The minimum absolute atomic E-state index is 0.0603. The third-order valence-corrected chi connectivity index (χ3v) is 4.85. The van der Waals surface area contributed by atoms with Crippen molar-refractivity contribution < 1.29 is 13.9 Å². The number of rotatable bonds is 9. The number of anilines is 1. The Labute approximate surface area is 192 Å². The second kappa shape index (κ2) is 9.81. The van der Waals surface area contributed by atoms with Crippen LogP contribution in [0.2, 0.25) is 0 Å². The Bertz CT molecular complexity index is 1340. The number of amidine groups is 1. The smallest absolute Gasteiger partial charge is 0.350 e. The molecule has 4 rings (SSSR count). The van der Waals surface area contributed by atoms with Crippen LogP contribution in [0.1, 0.15) is 23.0 Å². The lowest BCUT2D eigenvalue weighted by atomic mass is 10.0. The molecule has 5 N–H and O–H groups in total. The van der Waals surface area contributed by atoms with Crippen LogP contribution in [0.15, 0.2) is 65.7 Å². The first-order valence-corrected chi connectivity index (χ1v) is 10.0. The van der Waals surface area contributed by atoms with E-state index in [1.165, 1.54) is 19.5 Å². The van der Waals surface area contributed by atoms with Gasteiger partial charge in [0.2, 0.25) is 6.86 Å². The number of nitrogen functional groups attached to an aromatic ring is 1. The Balaban J connectivity index is 1.80. The number of alkyl halides is 1. The molecule has 12 heteroatoms. The molecule has 0 aliphatic carbocycles. The molecule has 0 bridgehead atoms. The number of ether oxygens (including phenoxy) is 2. The predicted molar refractivity (Wildman–Crippen MR) is 122 cm³/mol. The fourth-order valence-corrected chi connectivity index (χ4v) is 3.25. The first-order valence-electron chi connectivity index (χ1n) is 10.0. The minimum Gasteiger partial charge on any atom is -0.497 e. The molecule has 2 heterocycles. The molecular formula is C22H21FN8O3. The summed E-state index contributed by atoms with van der Waals surface area (Å²) < 4.78 is 24.3. The predicted octanol–water partition coefficient (Wildman–Crippen LogP) is 2.15. The maximum absolute atomic E-state index is 12.9. The number of hydrogen-bond donors (Lipinski definition) is 4. The van der Waals surface area contributed by atoms with Crippen LogP contribution in [-0.4, -0.2) is 44.5 Å². The fraction of sp³-hybridized carbons (Fsp3) is 0.136. The number of nitrogens with two attached hydrogens (primary N) is 1. The second-order valence-electron chi connectivity index (χ2n) is 7.04. The number of H-pyrrole nitrogens is 1. The second-order valence-corrected chi connectivity index (χ2v) is 7.04. The maximum Gasteiger partial charge on any atom is 0.350 e. The van der Waals surface area contributed by atoms with Crippen molar-refractivity contribution in [2.75, 3.05) is 19.3 Å². The summed E-state index contributed by atoms with van der Waals surface area (Å²) in [5, 5.41) is 15.2. The van der Waals surface area contributed by atoms with E-state index in [2.05, 4.69) is 25.4 Å². The average Bonchev–Trinajstić information content (AvgIpc) is 3.24. The third-order valence-electron chi connectivity index (χ3n) is 4.85. The Hall–Kier alpha value is -4.74. The van der Waals surface area contributed by atoms with E-state index in [1.807, 2.05) is 0 Å². The molecule has 0 amide bonds. The molecular weight excluding hydrogens is 443 g/mol. The van der Waals surface area contributed by atoms with Gasteiger partial charge in [-0.05, 0) is 48.0 Å². The highest BCUT2D eigenvalue weighted by Gasteiger charge is 2.22. The molecule has 0 spiro atoms. The summed E-state index contributed by atoms with van der Waals surface area (Å²) in [5.74, 6) is 0.950. The van der Waals surface area contributed by atoms with Gasteiger partial charge in [0, 0.05) is 29.7 Å². The van der Waals surface area contributed by atoms with Gasteiger partial charge in [0.05, 0.1) is 7.11 Å². The Morgan fingerprint density at radius 3 is 2.56 bits per heavy atom. The maximum atomic E-state index is 12.9. The van der Waals surface area contributed by atoms with Gasteiger partial charge in [-0.3, -0.25) is 10.4 Å². The Morgan fingerprint density at radius 2 is 1.91 bits per heavy atom. The first kappa shape index (κ1) is 22.5. The Morgan fingerprint density at radius 1 is 1.21 bits per heavy atom. The van der Waals surface area contributed by atoms with E-state index in [4.69, 9.17) is 20.6 Å². The SMILES string of the molecule is COc1cc(OCF)cc(C(Nc2ccc(C(=N)N)cc2)c2nn(-c3ncccn3)c(=O)[nH]2)c1. The van der Waals surface area contributed by atoms with Crippen molar-refractivity contribution in [2.45, 2.75) is 6.04 Å². The monoisotopic (exact) mass is 464 g/mol. The summed E-state index contributed by atoms with van der Waals surface area (Å²) in [4.78, 5) is 23.5. The molecule has 34 heavy (non-hydrogen) atoms. The molecule has 11 nitrogen and oxygen atoms in total. The number of aromatic nitrogens is 5. The van der Waals surface area contributed by atoms with Gasteiger partial charge >= 0.3 is 5.69 Å². The molecule has 1 unspecified atom stereocenters. The zero-order valence-corrected chi connectivity index (χ0v) is 18.0. The van der Waals surface area contributed by atoms with Crippen LogP contribution < -0.4 is 26.2 Å². The number of nitrogens with zero attached hydrogens (tertiary/aromatic N) is 4. The van der Waals surface area contributed by atoms with Crippen LogP contribution in [0.4, 0.5) is 10.1 Å². The standard InChI is InChI=1S/C22H21FN8O3/c1-33-16-9-14(10-17(11-16)34-12-23)18(28-15-5-3-13(4-6-15)19(24)25)20-29-22(32)31(30-20)21-26-7-2-8-27-21/h2-11,18,28H,12H2,1H3,(H3,24,25)(H,29,30,32). The summed E-state index contributed by atoms with van der Waals surface area (Å²) in [7, 11) is 1.48. The molecule has 0 fully saturated rings. The molecule has 2 aromatic heterocycles. The van der Waals surface area contributed by atoms with Crippen molar-refractivity contribution >= 4 is 11.5 Å². The van der Waals surface area contributed by atoms with Gasteiger partial charge in [-0.2, -0.15) is 0 Å². The summed E-state index contributed by atoms with van der Waals surface area (Å²) in [6, 6.07) is 12.6. The minimum atomic E-state index is -1.02. The van der Waals surface area contributed by atoms with Crippen molar-refractivity contribution in [3.05, 3.63) is 88.4 Å². The normalized spacial score (nSPS) is 11.6. The number of benzene rings is 2. The summed E-state index contributed by atoms with van der Waals surface area (Å²) in [5.41, 5.74) is 6.78. The highest BCUT2D eigenvalue weighted by atomic mass is 19.1. The van der Waals surface area contributed by atoms with Gasteiger partial charge in [-0.25, -0.2) is 19.2 Å². The number of hydrogen-bond acceptors (Lipinski definition) is 8. The number of methoxy groups -OCH3 is 1. The van der Waals surface area contributed by atoms with Crippen molar-refractivity contribution in [3.8, 4) is 17.4 Å². The number of aromatic amines is 1. The van der Waals surface area contributed by atoms with Gasteiger partial charge in [0.25, 0.3) is 5.95 Å². The summed E-state index contributed by atoms with van der Waals surface area (Å²) >= 11 is 0. The summed E-state index contributed by atoms with van der Waals surface area (Å²) in [6.45, 7) is -1.02. The van der Waals surface area contributed by atoms with E-state index >= 15 is 0 Å². The van der Waals surface area contributed by atoms with Crippen molar-refractivity contribution in [1.29, 1.82) is 5.41 Å². The number of halogens is 1. The largest absolute Gasteiger partial charge is 0.497 e. The highest BCUT2D eigenvalue weighted by molar-refractivity contribution is 5.95. The van der Waals surface area contributed by atoms with Gasteiger partial charge < -0.3 is 20.5 Å². The molecule has 0 radical (unpaired) electrons. The fourth-order valence-electron chi connectivity index (χ4n) is 3.25. The molecule has 0 saturated heterocycles. The summed E-state index contributed by atoms with van der Waals surface area (Å²) in [6.07, 6.45) is 3.00. The molecule has 4 aromatic rings. The highest BCUT2D eigenvalue weighted by Crippen LogP contribution is 2.31. The number of nitrogens with one attached hydrogen (secondary N) is 3. The molecule has 0 aliphatic rings. The van der Waals surface area contributed by atoms with E-state index in [-0.39, 0.29) is 23.4 Å². The lowest BCUT2D eigenvalue weighted by Crippen LogP contribution is -2.18. The molecule has 2 aromatic carbocycles. The average molecular weight is 464 g/mol. The Kier molecular flexibility index (Phi) is 6.48. The third kappa shape index (κ3) is 4.85. The lowest BCUT2D eigenvalue weighted by Gasteiger charge is -2.20. The van der Waals surface area contributed by atoms with E-state index in [1.54, 1.807) is 48.5 Å². The van der Waals surface area contributed by atoms with Crippen LogP contribution in [-0.2, 0) is 0 Å². The van der Waals surface area contributed by atoms with Crippen molar-refractivity contribution in [1.82, 2.24) is 24.7 Å². The van der Waals surface area contributed by atoms with Crippen LogP contribution >= 0.6 is 0 Å².